The van der Waals surface area contributed by atoms with Crippen LogP contribution in [0.2, 0.25) is 0 Å². The van der Waals surface area contributed by atoms with Crippen molar-refractivity contribution >= 4 is 40.0 Å². The van der Waals surface area contributed by atoms with Crippen LogP contribution in [0.4, 0.5) is 5.95 Å². The molecule has 0 aliphatic carbocycles. The second-order valence-electron chi connectivity index (χ2n) is 8.82. The highest BCUT2D eigenvalue weighted by atomic mass is 31.2. The summed E-state index contributed by atoms with van der Waals surface area (Å²) in [7, 11) is -6.15. The highest BCUT2D eigenvalue weighted by Crippen LogP contribution is 2.49. The summed E-state index contributed by atoms with van der Waals surface area (Å²) in [6.45, 7) is -0.464. The van der Waals surface area contributed by atoms with Crippen molar-refractivity contribution in [1.82, 2.24) is 19.5 Å². The molecule has 9 atom stereocenters. The van der Waals surface area contributed by atoms with Crippen LogP contribution < -0.4 is 22.8 Å². The molecule has 3 heterocycles. The fourth-order valence-corrected chi connectivity index (χ4v) is 5.27. The Balaban J connectivity index is 1.80. The minimum atomic E-state index is -5.17. The van der Waals surface area contributed by atoms with Crippen molar-refractivity contribution in [3.05, 3.63) is 16.7 Å². The Morgan fingerprint density at radius 1 is 1.48 bits per heavy atom. The molecule has 2 aromatic rings. The van der Waals surface area contributed by atoms with Gasteiger partial charge in [-0.15, -0.1) is 0 Å². The van der Waals surface area contributed by atoms with Gasteiger partial charge in [-0.1, -0.05) is 6.92 Å². The van der Waals surface area contributed by atoms with E-state index in [4.69, 9.17) is 35.5 Å². The average molecular weight is 612 g/mol. The van der Waals surface area contributed by atoms with E-state index in [9.17, 15) is 39.2 Å². The third-order valence-corrected chi connectivity index (χ3v) is 7.42. The highest BCUT2D eigenvalue weighted by Gasteiger charge is 2.50. The van der Waals surface area contributed by atoms with Gasteiger partial charge in [-0.25, -0.2) is 14.1 Å². The summed E-state index contributed by atoms with van der Waals surface area (Å²) in [5.74, 6) is -1.19. The van der Waals surface area contributed by atoms with Gasteiger partial charge in [0.1, 0.15) is 36.2 Å². The number of phosphoric acid groups is 1. The zero-order valence-electron chi connectivity index (χ0n) is 20.8. The lowest BCUT2D eigenvalue weighted by atomic mass is 9.90. The number of imidazole rings is 1. The maximum absolute atomic E-state index is 12.8. The van der Waals surface area contributed by atoms with Crippen molar-refractivity contribution in [1.29, 1.82) is 0 Å². The molecule has 2 unspecified atom stereocenters. The van der Waals surface area contributed by atoms with Crippen LogP contribution in [-0.2, 0) is 27.4 Å². The summed E-state index contributed by atoms with van der Waals surface area (Å²) in [6.07, 6.45) is -7.90. The Morgan fingerprint density at radius 2 is 2.17 bits per heavy atom. The van der Waals surface area contributed by atoms with Crippen molar-refractivity contribution in [2.45, 2.75) is 49.4 Å². The molecule has 2 aromatic heterocycles. The van der Waals surface area contributed by atoms with Gasteiger partial charge < -0.3 is 47.3 Å². The molecule has 1 fully saturated rings. The molecular weight excluding hydrogens is 582 g/mol. The summed E-state index contributed by atoms with van der Waals surface area (Å²) < 4.78 is 45.4. The lowest BCUT2D eigenvalue weighted by Gasteiger charge is -2.37. The number of aliphatic hydroxyl groups excluding tert-OH is 3. The number of aromatic nitrogens is 4. The maximum atomic E-state index is 12.8. The van der Waals surface area contributed by atoms with Gasteiger partial charge in [-0.05, 0) is 0 Å². The van der Waals surface area contributed by atoms with E-state index in [1.165, 1.54) is 6.92 Å². The number of nitrogen functional groups attached to an aromatic ring is 1. The minimum absolute atomic E-state index is 0.115. The Kier molecular flexibility index (Phi) is 10.4. The molecule has 1 saturated heterocycles. The Morgan fingerprint density at radius 3 is 2.80 bits per heavy atom. The molecule has 0 saturated carbocycles. The second-order valence-corrected chi connectivity index (χ2v) is 10.6. The first-order valence-corrected chi connectivity index (χ1v) is 13.7. The monoisotopic (exact) mass is 612 g/mol. The van der Waals surface area contributed by atoms with Gasteiger partial charge in [0.2, 0.25) is 5.95 Å². The van der Waals surface area contributed by atoms with Gasteiger partial charge in [0.05, 0.1) is 25.9 Å². The number of nitrogens with one attached hydrogen (secondary N) is 1. The first-order valence-electron chi connectivity index (χ1n) is 11.5. The van der Waals surface area contributed by atoms with E-state index in [2.05, 4.69) is 19.9 Å². The van der Waals surface area contributed by atoms with Crippen LogP contribution in [0.15, 0.2) is 16.1 Å². The molecule has 0 radical (unpaired) electrons. The number of hydrogen-bond acceptors (Lipinski definition) is 16. The molecule has 0 spiro atoms. The number of anilines is 1. The van der Waals surface area contributed by atoms with Crippen LogP contribution in [0.1, 0.15) is 13.2 Å². The number of aromatic amines is 1. The SMILES string of the molecule is CC(CN=CN)[C@@](N)(O)[C@H](OP=O)[C@H](O)COP(=O)(O)O[C@@H]1[C@H](O)[C@@H](CO)O[C@H]1n1cnc2c(=O)[nH]c(N)nc21. The van der Waals surface area contributed by atoms with Gasteiger partial charge in [-0.3, -0.25) is 32.9 Å². The molecular formula is C18H30N8O12P2. The average Bonchev–Trinajstić information content (AvgIpc) is 3.44. The van der Waals surface area contributed by atoms with Crippen LogP contribution in [0.3, 0.4) is 0 Å². The van der Waals surface area contributed by atoms with Crippen molar-refractivity contribution < 1.29 is 52.8 Å². The largest absolute Gasteiger partial charge is 0.472 e. The Bertz CT molecular complexity index is 1310. The molecule has 20 nitrogen and oxygen atoms in total. The van der Waals surface area contributed by atoms with Crippen molar-refractivity contribution in [3.63, 3.8) is 0 Å². The predicted octanol–water partition coefficient (Wildman–Crippen LogP) is -3.32. The van der Waals surface area contributed by atoms with Crippen LogP contribution in [0, 0.1) is 5.92 Å². The topological polar surface area (TPSA) is 326 Å². The molecule has 3 rings (SSSR count). The third-order valence-electron chi connectivity index (χ3n) is 6.12. The number of H-pyrrole nitrogens is 1. The molecule has 12 N–H and O–H groups in total. The van der Waals surface area contributed by atoms with E-state index in [1.807, 2.05) is 0 Å². The summed E-state index contributed by atoms with van der Waals surface area (Å²) in [6, 6.07) is 0. The number of aliphatic imine (C=N–C) groups is 1. The van der Waals surface area contributed by atoms with Gasteiger partial charge in [0, 0.05) is 12.5 Å². The van der Waals surface area contributed by atoms with Crippen LogP contribution in [0.25, 0.3) is 11.2 Å². The number of rotatable bonds is 14. The smallest absolute Gasteiger partial charge is 0.394 e. The molecule has 0 amide bonds. The van der Waals surface area contributed by atoms with Gasteiger partial charge >= 0.3 is 16.5 Å². The van der Waals surface area contributed by atoms with Gasteiger partial charge in [0.15, 0.2) is 17.4 Å². The lowest BCUT2D eigenvalue weighted by molar-refractivity contribution is -0.139. The van der Waals surface area contributed by atoms with Crippen LogP contribution in [-0.4, -0.2) is 107 Å². The molecule has 224 valence electrons. The number of fused-ring (bicyclic) bond motifs is 1. The second kappa shape index (κ2) is 13.0. The van der Waals surface area contributed by atoms with E-state index in [0.717, 1.165) is 17.2 Å². The van der Waals surface area contributed by atoms with E-state index in [-0.39, 0.29) is 23.7 Å². The van der Waals surface area contributed by atoms with Crippen molar-refractivity contribution in [2.75, 3.05) is 25.5 Å². The predicted molar refractivity (Wildman–Crippen MR) is 135 cm³/mol. The first-order chi connectivity index (χ1) is 18.8. The number of nitrogens with two attached hydrogens (primary N) is 3. The molecule has 1 aliphatic heterocycles. The summed E-state index contributed by atoms with van der Waals surface area (Å²) in [5, 5.41) is 41.4. The zero-order chi connectivity index (χ0) is 29.8. The van der Waals surface area contributed by atoms with Crippen molar-refractivity contribution in [3.8, 4) is 0 Å². The maximum Gasteiger partial charge on any atom is 0.472 e. The first kappa shape index (κ1) is 32.1. The summed E-state index contributed by atoms with van der Waals surface area (Å²) in [5.41, 5.74) is 13.3. The van der Waals surface area contributed by atoms with Gasteiger partial charge in [-0.2, -0.15) is 4.98 Å². The van der Waals surface area contributed by atoms with Crippen LogP contribution >= 0.6 is 16.5 Å². The molecule has 0 bridgehead atoms. The quantitative estimate of drug-likeness (QED) is 0.0436. The lowest BCUT2D eigenvalue weighted by Crippen LogP contribution is -2.61. The van der Waals surface area contributed by atoms with E-state index in [1.54, 1.807) is 0 Å². The molecule has 1 aliphatic rings. The zero-order valence-corrected chi connectivity index (χ0v) is 22.6. The third kappa shape index (κ3) is 6.88. The Hall–Kier alpha value is -2.45. The van der Waals surface area contributed by atoms with Gasteiger partial charge in [0.25, 0.3) is 5.56 Å². The normalized spacial score (nSPS) is 27.1. The number of aliphatic hydroxyl groups is 4. The van der Waals surface area contributed by atoms with Crippen LogP contribution in [0.5, 0.6) is 0 Å². The molecule has 0 aromatic carbocycles. The standard InChI is InChI=1S/C18H30N8O12P2/c1-7(2-22-5-19)18(21,31)13(37-39-32)8(28)4-35-40(33,34)38-12-11(29)9(3-27)36-16(12)26-6-23-10-14(26)24-17(20)25-15(10)30/h5-9,11-13,16,27-29,31H,2-4,21H2,1H3,(H2,19,22)(H,33,34)(H3,20,24,25,30)/t7?,8-,9-,11-,12-,13-,16-,18-/m1/s1. The highest BCUT2D eigenvalue weighted by molar-refractivity contribution is 7.47. The molecule has 40 heavy (non-hydrogen) atoms. The van der Waals surface area contributed by atoms with E-state index >= 15 is 0 Å². The van der Waals surface area contributed by atoms with E-state index < -0.39 is 83.7 Å². The number of nitrogens with zero attached hydrogens (tertiary/aromatic N) is 4. The fourth-order valence-electron chi connectivity index (χ4n) is 3.93. The number of ether oxygens (including phenoxy) is 1. The Labute approximate surface area is 226 Å². The van der Waals surface area contributed by atoms with Crippen molar-refractivity contribution in [2.24, 2.45) is 22.4 Å². The number of phosphoric ester groups is 1. The summed E-state index contributed by atoms with van der Waals surface area (Å²) in [4.78, 5) is 36.3. The fraction of sp³-hybridized carbons (Fsp3) is 0.667. The minimum Gasteiger partial charge on any atom is -0.394 e. The molecule has 22 heteroatoms. The van der Waals surface area contributed by atoms with E-state index in [0.29, 0.717) is 0 Å². The number of hydrogen-bond donors (Lipinski definition) is 9. The summed E-state index contributed by atoms with van der Waals surface area (Å²) >= 11 is 0.